The van der Waals surface area contributed by atoms with Gasteiger partial charge < -0.3 is 14.8 Å². The maximum Gasteiger partial charge on any atom is 0.122 e. The first-order valence-corrected chi connectivity index (χ1v) is 6.18. The number of hydrogen-bond acceptors (Lipinski definition) is 3. The van der Waals surface area contributed by atoms with E-state index in [2.05, 4.69) is 17.4 Å². The van der Waals surface area contributed by atoms with Crippen molar-refractivity contribution in [2.45, 2.75) is 26.4 Å². The molecule has 0 bridgehead atoms. The molecule has 0 unspecified atom stereocenters. The van der Waals surface area contributed by atoms with Crippen LogP contribution in [0, 0.1) is 0 Å². The number of methoxy groups -OCH3 is 1. The Hall–Kier alpha value is -1.06. The standard InChI is InChI=1S/C14H23NO2/c1-12(2)17-14-7-5-4-6-13(14)8-9-15-10-11-16-3/h4-7,12,15H,8-11H2,1-3H3. The minimum atomic E-state index is 0.220. The van der Waals surface area contributed by atoms with E-state index >= 15 is 0 Å². The Morgan fingerprint density at radius 2 is 1.94 bits per heavy atom. The summed E-state index contributed by atoms with van der Waals surface area (Å²) in [6.07, 6.45) is 1.20. The molecule has 0 aliphatic heterocycles. The maximum atomic E-state index is 5.77. The van der Waals surface area contributed by atoms with E-state index in [1.807, 2.05) is 26.0 Å². The van der Waals surface area contributed by atoms with Crippen molar-refractivity contribution in [3.05, 3.63) is 29.8 Å². The Kier molecular flexibility index (Phi) is 6.67. The van der Waals surface area contributed by atoms with Crippen LogP contribution in [0.1, 0.15) is 19.4 Å². The van der Waals surface area contributed by atoms with Gasteiger partial charge in [-0.3, -0.25) is 0 Å². The zero-order valence-electron chi connectivity index (χ0n) is 11.0. The third kappa shape index (κ3) is 5.71. The zero-order valence-corrected chi connectivity index (χ0v) is 11.0. The highest BCUT2D eigenvalue weighted by atomic mass is 16.5. The maximum absolute atomic E-state index is 5.77. The van der Waals surface area contributed by atoms with Gasteiger partial charge in [0.15, 0.2) is 0 Å². The first-order chi connectivity index (χ1) is 8.24. The van der Waals surface area contributed by atoms with Gasteiger partial charge in [0.05, 0.1) is 12.7 Å². The Labute approximate surface area is 104 Å². The topological polar surface area (TPSA) is 30.5 Å². The highest BCUT2D eigenvalue weighted by Crippen LogP contribution is 2.19. The second-order valence-corrected chi connectivity index (χ2v) is 4.27. The molecule has 3 heteroatoms. The summed E-state index contributed by atoms with van der Waals surface area (Å²) >= 11 is 0. The number of ether oxygens (including phenoxy) is 2. The average Bonchev–Trinajstić information content (AvgIpc) is 2.30. The van der Waals surface area contributed by atoms with E-state index in [0.29, 0.717) is 0 Å². The molecule has 3 nitrogen and oxygen atoms in total. The van der Waals surface area contributed by atoms with Crippen LogP contribution in [0.3, 0.4) is 0 Å². The van der Waals surface area contributed by atoms with Crippen LogP contribution in [0.5, 0.6) is 5.75 Å². The van der Waals surface area contributed by atoms with Crippen molar-refractivity contribution in [2.24, 2.45) is 0 Å². The van der Waals surface area contributed by atoms with Crippen LogP contribution >= 0.6 is 0 Å². The van der Waals surface area contributed by atoms with Crippen LogP contribution in [0.25, 0.3) is 0 Å². The van der Waals surface area contributed by atoms with Crippen LogP contribution in [0.15, 0.2) is 24.3 Å². The third-order valence-corrected chi connectivity index (χ3v) is 2.39. The second kappa shape index (κ2) is 8.09. The third-order valence-electron chi connectivity index (χ3n) is 2.39. The lowest BCUT2D eigenvalue weighted by atomic mass is 10.1. The molecule has 1 N–H and O–H groups in total. The number of nitrogens with one attached hydrogen (secondary N) is 1. The van der Waals surface area contributed by atoms with E-state index in [9.17, 15) is 0 Å². The Morgan fingerprint density at radius 1 is 1.18 bits per heavy atom. The van der Waals surface area contributed by atoms with Crippen molar-refractivity contribution in [1.29, 1.82) is 0 Å². The van der Waals surface area contributed by atoms with Crippen molar-refractivity contribution >= 4 is 0 Å². The highest BCUT2D eigenvalue weighted by Gasteiger charge is 2.04. The molecule has 0 aliphatic rings. The summed E-state index contributed by atoms with van der Waals surface area (Å²) < 4.78 is 10.8. The SMILES string of the molecule is COCCNCCc1ccccc1OC(C)C. The zero-order chi connectivity index (χ0) is 12.5. The molecule has 0 aliphatic carbocycles. The molecule has 0 spiro atoms. The van der Waals surface area contributed by atoms with Gasteiger partial charge in [0.1, 0.15) is 5.75 Å². The van der Waals surface area contributed by atoms with Crippen LogP contribution in [-0.4, -0.2) is 32.9 Å². The molecule has 0 heterocycles. The van der Waals surface area contributed by atoms with Crippen LogP contribution in [0.2, 0.25) is 0 Å². The molecule has 1 aromatic rings. The van der Waals surface area contributed by atoms with Gasteiger partial charge in [-0.25, -0.2) is 0 Å². The summed E-state index contributed by atoms with van der Waals surface area (Å²) in [6.45, 7) is 6.69. The van der Waals surface area contributed by atoms with Crippen molar-refractivity contribution in [3.8, 4) is 5.75 Å². The number of hydrogen-bond donors (Lipinski definition) is 1. The Balaban J connectivity index is 2.40. The summed E-state index contributed by atoms with van der Waals surface area (Å²) in [7, 11) is 1.72. The van der Waals surface area contributed by atoms with Gasteiger partial charge in [-0.1, -0.05) is 18.2 Å². The van der Waals surface area contributed by atoms with Crippen LogP contribution in [-0.2, 0) is 11.2 Å². The van der Waals surface area contributed by atoms with E-state index in [4.69, 9.17) is 9.47 Å². The molecule has 17 heavy (non-hydrogen) atoms. The van der Waals surface area contributed by atoms with Gasteiger partial charge in [-0.05, 0) is 38.4 Å². The van der Waals surface area contributed by atoms with Crippen molar-refractivity contribution in [3.63, 3.8) is 0 Å². The van der Waals surface area contributed by atoms with Gasteiger partial charge in [0.2, 0.25) is 0 Å². The van der Waals surface area contributed by atoms with Crippen LogP contribution in [0.4, 0.5) is 0 Å². The lowest BCUT2D eigenvalue weighted by Crippen LogP contribution is -2.22. The quantitative estimate of drug-likeness (QED) is 0.703. The molecule has 0 radical (unpaired) electrons. The van der Waals surface area contributed by atoms with Crippen molar-refractivity contribution < 1.29 is 9.47 Å². The summed E-state index contributed by atoms with van der Waals surface area (Å²) in [5.41, 5.74) is 1.26. The minimum Gasteiger partial charge on any atom is -0.491 e. The number of benzene rings is 1. The van der Waals surface area contributed by atoms with E-state index in [1.165, 1.54) is 5.56 Å². The predicted octanol–water partition coefficient (Wildman–Crippen LogP) is 2.25. The average molecular weight is 237 g/mol. The Morgan fingerprint density at radius 3 is 2.65 bits per heavy atom. The molecule has 96 valence electrons. The van der Waals surface area contributed by atoms with Crippen LogP contribution < -0.4 is 10.1 Å². The number of rotatable bonds is 8. The van der Waals surface area contributed by atoms with Gasteiger partial charge in [-0.2, -0.15) is 0 Å². The number of para-hydroxylation sites is 1. The van der Waals surface area contributed by atoms with E-state index < -0.39 is 0 Å². The molecule has 0 atom stereocenters. The molecule has 1 rings (SSSR count). The minimum absolute atomic E-state index is 0.220. The predicted molar refractivity (Wildman–Crippen MR) is 70.7 cm³/mol. The molecular weight excluding hydrogens is 214 g/mol. The van der Waals surface area contributed by atoms with Gasteiger partial charge in [0.25, 0.3) is 0 Å². The summed E-state index contributed by atoms with van der Waals surface area (Å²) in [5, 5.41) is 3.33. The van der Waals surface area contributed by atoms with Crippen molar-refractivity contribution in [2.75, 3.05) is 26.8 Å². The van der Waals surface area contributed by atoms with Crippen molar-refractivity contribution in [1.82, 2.24) is 5.32 Å². The van der Waals surface area contributed by atoms with Gasteiger partial charge in [-0.15, -0.1) is 0 Å². The fourth-order valence-corrected chi connectivity index (χ4v) is 1.60. The second-order valence-electron chi connectivity index (χ2n) is 4.27. The molecule has 0 saturated carbocycles. The normalized spacial score (nSPS) is 10.8. The largest absolute Gasteiger partial charge is 0.491 e. The molecular formula is C14H23NO2. The Bertz CT molecular complexity index is 313. The first kappa shape index (κ1) is 14.0. The fraction of sp³-hybridized carbons (Fsp3) is 0.571. The molecule has 0 saturated heterocycles. The monoisotopic (exact) mass is 237 g/mol. The summed E-state index contributed by atoms with van der Waals surface area (Å²) in [6, 6.07) is 8.22. The van der Waals surface area contributed by atoms with E-state index in [-0.39, 0.29) is 6.10 Å². The highest BCUT2D eigenvalue weighted by molar-refractivity contribution is 5.33. The molecule has 0 aromatic heterocycles. The first-order valence-electron chi connectivity index (χ1n) is 6.18. The molecule has 1 aromatic carbocycles. The fourth-order valence-electron chi connectivity index (χ4n) is 1.60. The smallest absolute Gasteiger partial charge is 0.122 e. The van der Waals surface area contributed by atoms with E-state index in [0.717, 1.165) is 31.9 Å². The molecule has 0 fully saturated rings. The molecule has 0 amide bonds. The van der Waals surface area contributed by atoms with Gasteiger partial charge in [0, 0.05) is 13.7 Å². The van der Waals surface area contributed by atoms with E-state index in [1.54, 1.807) is 7.11 Å². The lowest BCUT2D eigenvalue weighted by molar-refractivity contribution is 0.199. The lowest BCUT2D eigenvalue weighted by Gasteiger charge is -2.14. The summed E-state index contributed by atoms with van der Waals surface area (Å²) in [5.74, 6) is 0.996. The van der Waals surface area contributed by atoms with Gasteiger partial charge >= 0.3 is 0 Å². The summed E-state index contributed by atoms with van der Waals surface area (Å²) in [4.78, 5) is 0.